The van der Waals surface area contributed by atoms with Crippen molar-refractivity contribution >= 4 is 11.8 Å². The fraction of sp³-hybridized carbons (Fsp3) is 0.583. The van der Waals surface area contributed by atoms with Gasteiger partial charge in [0.25, 0.3) is 0 Å². The molecule has 0 amide bonds. The van der Waals surface area contributed by atoms with Gasteiger partial charge in [0, 0.05) is 19.8 Å². The lowest BCUT2D eigenvalue weighted by Gasteiger charge is -2.21. The molecule has 1 aromatic heterocycles. The van der Waals surface area contributed by atoms with Gasteiger partial charge in [0.15, 0.2) is 0 Å². The van der Waals surface area contributed by atoms with E-state index in [0.717, 1.165) is 32.6 Å². The Morgan fingerprint density at radius 1 is 1.61 bits per heavy atom. The smallest absolute Gasteiger partial charge is 0.224 e. The van der Waals surface area contributed by atoms with Crippen LogP contribution in [-0.4, -0.2) is 29.7 Å². The van der Waals surface area contributed by atoms with Gasteiger partial charge in [-0.1, -0.05) is 0 Å². The lowest BCUT2D eigenvalue weighted by molar-refractivity contribution is 0.0530. The van der Waals surface area contributed by atoms with Crippen molar-refractivity contribution in [3.05, 3.63) is 11.8 Å². The third kappa shape index (κ3) is 3.31. The summed E-state index contributed by atoms with van der Waals surface area (Å²) in [6.07, 6.45) is 4.83. The topological polar surface area (TPSA) is 96.8 Å². The molecular formula is C12H17N5O. The highest BCUT2D eigenvalue weighted by Gasteiger charge is 2.13. The Kier molecular flexibility index (Phi) is 4.31. The predicted octanol–water partition coefficient (Wildman–Crippen LogP) is 1.16. The number of aromatic nitrogens is 2. The van der Waals surface area contributed by atoms with Gasteiger partial charge in [0.2, 0.25) is 5.95 Å². The molecule has 1 aliphatic heterocycles. The summed E-state index contributed by atoms with van der Waals surface area (Å²) in [6.45, 7) is 2.52. The molecule has 0 unspecified atom stereocenters. The van der Waals surface area contributed by atoms with Crippen LogP contribution >= 0.6 is 0 Å². The molecule has 3 N–H and O–H groups in total. The molecule has 0 spiro atoms. The van der Waals surface area contributed by atoms with Crippen molar-refractivity contribution in [3.63, 3.8) is 0 Å². The standard InChI is InChI=1S/C12H17N5O/c13-6-10-7-16-12(17-11(10)14)15-4-3-9-2-1-5-18-8-9/h7,9H,1-5,8H2,(H3,14,15,16,17)/t9-/m1/s1. The van der Waals surface area contributed by atoms with Crippen LogP contribution in [0.15, 0.2) is 6.20 Å². The number of nitrogen functional groups attached to an aromatic ring is 1. The van der Waals surface area contributed by atoms with Crippen LogP contribution in [0.2, 0.25) is 0 Å². The molecule has 0 saturated carbocycles. The second kappa shape index (κ2) is 6.17. The normalized spacial score (nSPS) is 19.2. The third-order valence-electron chi connectivity index (χ3n) is 3.03. The van der Waals surface area contributed by atoms with Gasteiger partial charge in [-0.05, 0) is 25.2 Å². The van der Waals surface area contributed by atoms with Gasteiger partial charge in [-0.3, -0.25) is 0 Å². The minimum Gasteiger partial charge on any atom is -0.382 e. The van der Waals surface area contributed by atoms with E-state index >= 15 is 0 Å². The first kappa shape index (κ1) is 12.6. The Labute approximate surface area is 106 Å². The van der Waals surface area contributed by atoms with E-state index in [1.54, 1.807) is 0 Å². The van der Waals surface area contributed by atoms with E-state index in [1.165, 1.54) is 12.6 Å². The lowest BCUT2D eigenvalue weighted by Crippen LogP contribution is -2.20. The summed E-state index contributed by atoms with van der Waals surface area (Å²) in [5.41, 5.74) is 5.92. The highest BCUT2D eigenvalue weighted by molar-refractivity contribution is 5.49. The van der Waals surface area contributed by atoms with Gasteiger partial charge in [0.1, 0.15) is 17.5 Å². The van der Waals surface area contributed by atoms with E-state index < -0.39 is 0 Å². The molecule has 6 heteroatoms. The van der Waals surface area contributed by atoms with Gasteiger partial charge >= 0.3 is 0 Å². The van der Waals surface area contributed by atoms with E-state index in [9.17, 15) is 0 Å². The van der Waals surface area contributed by atoms with Gasteiger partial charge in [-0.15, -0.1) is 0 Å². The number of nitriles is 1. The third-order valence-corrected chi connectivity index (χ3v) is 3.03. The summed E-state index contributed by atoms with van der Waals surface area (Å²) in [6, 6.07) is 1.94. The molecule has 2 heterocycles. The fourth-order valence-corrected chi connectivity index (χ4v) is 1.99. The van der Waals surface area contributed by atoms with Crippen LogP contribution in [0.4, 0.5) is 11.8 Å². The second-order valence-electron chi connectivity index (χ2n) is 4.40. The van der Waals surface area contributed by atoms with Gasteiger partial charge < -0.3 is 15.8 Å². The molecule has 2 rings (SSSR count). The molecule has 1 fully saturated rings. The van der Waals surface area contributed by atoms with Crippen LogP contribution in [-0.2, 0) is 4.74 Å². The first-order valence-electron chi connectivity index (χ1n) is 6.14. The van der Waals surface area contributed by atoms with Gasteiger partial charge in [-0.25, -0.2) is 4.98 Å². The Morgan fingerprint density at radius 3 is 3.17 bits per heavy atom. The SMILES string of the molecule is N#Cc1cnc(NCC[C@H]2CCCOC2)nc1N. The highest BCUT2D eigenvalue weighted by Crippen LogP contribution is 2.17. The Morgan fingerprint density at radius 2 is 2.50 bits per heavy atom. The summed E-state index contributed by atoms with van der Waals surface area (Å²) >= 11 is 0. The zero-order chi connectivity index (χ0) is 12.8. The Bertz CT molecular complexity index is 437. The maximum Gasteiger partial charge on any atom is 0.224 e. The van der Waals surface area contributed by atoms with Crippen LogP contribution in [0.3, 0.4) is 0 Å². The molecule has 18 heavy (non-hydrogen) atoms. The summed E-state index contributed by atoms with van der Waals surface area (Å²) in [4.78, 5) is 8.07. The van der Waals surface area contributed by atoms with Crippen molar-refractivity contribution in [2.24, 2.45) is 5.92 Å². The number of hydrogen-bond acceptors (Lipinski definition) is 6. The Hall–Kier alpha value is -1.87. The van der Waals surface area contributed by atoms with Crippen LogP contribution in [0.5, 0.6) is 0 Å². The first-order chi connectivity index (χ1) is 8.79. The summed E-state index contributed by atoms with van der Waals surface area (Å²) in [7, 11) is 0. The average Bonchev–Trinajstić information content (AvgIpc) is 2.40. The van der Waals surface area contributed by atoms with E-state index in [4.69, 9.17) is 15.7 Å². The van der Waals surface area contributed by atoms with Crippen LogP contribution in [0.25, 0.3) is 0 Å². The maximum atomic E-state index is 8.71. The van der Waals surface area contributed by atoms with Crippen LogP contribution in [0, 0.1) is 17.2 Å². The first-order valence-corrected chi connectivity index (χ1v) is 6.14. The van der Waals surface area contributed by atoms with Gasteiger partial charge in [-0.2, -0.15) is 10.2 Å². The van der Waals surface area contributed by atoms with Crippen LogP contribution < -0.4 is 11.1 Å². The molecular weight excluding hydrogens is 230 g/mol. The number of rotatable bonds is 4. The summed E-state index contributed by atoms with van der Waals surface area (Å²) in [5.74, 6) is 1.31. The van der Waals surface area contributed by atoms with Crippen molar-refractivity contribution in [1.29, 1.82) is 5.26 Å². The van der Waals surface area contributed by atoms with Crippen molar-refractivity contribution in [2.45, 2.75) is 19.3 Å². The molecule has 1 saturated heterocycles. The molecule has 1 atom stereocenters. The van der Waals surface area contributed by atoms with Gasteiger partial charge in [0.05, 0.1) is 6.20 Å². The minimum absolute atomic E-state index is 0.219. The van der Waals surface area contributed by atoms with E-state index in [0.29, 0.717) is 17.4 Å². The molecule has 0 bridgehead atoms. The largest absolute Gasteiger partial charge is 0.382 e. The Balaban J connectivity index is 1.79. The quantitative estimate of drug-likeness (QED) is 0.828. The number of nitrogens with one attached hydrogen (secondary N) is 1. The average molecular weight is 247 g/mol. The molecule has 6 nitrogen and oxygen atoms in total. The predicted molar refractivity (Wildman–Crippen MR) is 67.8 cm³/mol. The van der Waals surface area contributed by atoms with Crippen LogP contribution in [0.1, 0.15) is 24.8 Å². The minimum atomic E-state index is 0.219. The molecule has 1 aliphatic rings. The molecule has 96 valence electrons. The maximum absolute atomic E-state index is 8.71. The number of anilines is 2. The van der Waals surface area contributed by atoms with E-state index in [-0.39, 0.29) is 5.82 Å². The van der Waals surface area contributed by atoms with Crippen molar-refractivity contribution in [3.8, 4) is 6.07 Å². The number of ether oxygens (including phenoxy) is 1. The summed E-state index contributed by atoms with van der Waals surface area (Å²) < 4.78 is 5.42. The van der Waals surface area contributed by atoms with Crippen molar-refractivity contribution in [2.75, 3.05) is 30.8 Å². The van der Waals surface area contributed by atoms with E-state index in [1.807, 2.05) is 6.07 Å². The van der Waals surface area contributed by atoms with Crippen molar-refractivity contribution < 1.29 is 4.74 Å². The van der Waals surface area contributed by atoms with E-state index in [2.05, 4.69) is 15.3 Å². The zero-order valence-corrected chi connectivity index (χ0v) is 10.2. The molecule has 1 aromatic rings. The molecule has 0 aliphatic carbocycles. The highest BCUT2D eigenvalue weighted by atomic mass is 16.5. The summed E-state index contributed by atoms with van der Waals surface area (Å²) in [5, 5.41) is 11.8. The van der Waals surface area contributed by atoms with Crippen molar-refractivity contribution in [1.82, 2.24) is 9.97 Å². The number of hydrogen-bond donors (Lipinski definition) is 2. The fourth-order valence-electron chi connectivity index (χ4n) is 1.99. The number of nitrogens with two attached hydrogens (primary N) is 1. The zero-order valence-electron chi connectivity index (χ0n) is 10.2. The molecule has 0 radical (unpaired) electrons. The molecule has 0 aromatic carbocycles. The lowest BCUT2D eigenvalue weighted by atomic mass is 9.99. The monoisotopic (exact) mass is 247 g/mol. The second-order valence-corrected chi connectivity index (χ2v) is 4.40. The number of nitrogens with zero attached hydrogens (tertiary/aromatic N) is 3.